The molecule has 12 nitrogen and oxygen atoms in total. The van der Waals surface area contributed by atoms with Crippen molar-refractivity contribution in [1.29, 1.82) is 0 Å². The lowest BCUT2D eigenvalue weighted by Gasteiger charge is -2.64. The molecule has 320 valence electrons. The average molecular weight is 821 g/mol. The molecule has 1 saturated carbocycles. The van der Waals surface area contributed by atoms with E-state index in [1.807, 2.05) is 13.1 Å². The number of fused-ring (bicyclic) bond motifs is 6. The van der Waals surface area contributed by atoms with Gasteiger partial charge in [-0.3, -0.25) is 24.2 Å². The van der Waals surface area contributed by atoms with Gasteiger partial charge in [0.15, 0.2) is 0 Å². The van der Waals surface area contributed by atoms with Crippen molar-refractivity contribution >= 4 is 34.5 Å². The van der Waals surface area contributed by atoms with Gasteiger partial charge in [-0.25, -0.2) is 0 Å². The Morgan fingerprint density at radius 3 is 2.47 bits per heavy atom. The van der Waals surface area contributed by atoms with Crippen LogP contribution in [0.15, 0.2) is 60.2 Å². The number of benzene rings is 2. The van der Waals surface area contributed by atoms with Crippen LogP contribution < -0.4 is 9.64 Å². The molecule has 0 radical (unpaired) electrons. The van der Waals surface area contributed by atoms with Crippen LogP contribution in [0.4, 0.5) is 5.69 Å². The van der Waals surface area contributed by atoms with Crippen LogP contribution in [-0.4, -0.2) is 123 Å². The van der Waals surface area contributed by atoms with Gasteiger partial charge in [0.05, 0.1) is 45.6 Å². The maximum atomic E-state index is 14.2. The van der Waals surface area contributed by atoms with E-state index < -0.39 is 45.9 Å². The van der Waals surface area contributed by atoms with E-state index in [1.165, 1.54) is 32.3 Å². The lowest BCUT2D eigenvalue weighted by atomic mass is 9.47. The molecule has 1 aliphatic carbocycles. The zero-order chi connectivity index (χ0) is 42.4. The molecule has 3 unspecified atom stereocenters. The second-order valence-electron chi connectivity index (χ2n) is 18.4. The summed E-state index contributed by atoms with van der Waals surface area (Å²) >= 11 is 0. The lowest BCUT2D eigenvalue weighted by Crippen LogP contribution is -2.79. The number of rotatable bonds is 9. The van der Waals surface area contributed by atoms with Gasteiger partial charge < -0.3 is 33.9 Å². The number of likely N-dealkylation sites (N-methyl/N-ethyl adjacent to an activating group) is 1. The van der Waals surface area contributed by atoms with Gasteiger partial charge in [-0.1, -0.05) is 55.8 Å². The monoisotopic (exact) mass is 820 g/mol. The molecule has 60 heavy (non-hydrogen) atoms. The number of carbonyl (C=O) groups excluding carboxylic acids is 3. The van der Waals surface area contributed by atoms with Gasteiger partial charge in [-0.05, 0) is 67.8 Å². The number of methoxy groups -OCH3 is 3. The number of nitrogens with zero attached hydrogens (tertiary/aromatic N) is 3. The Hall–Kier alpha value is -4.65. The quantitative estimate of drug-likeness (QED) is 0.159. The Balaban J connectivity index is 1.36. The van der Waals surface area contributed by atoms with Crippen LogP contribution in [0, 0.1) is 11.3 Å². The summed E-state index contributed by atoms with van der Waals surface area (Å²) in [6.45, 7) is 9.82. The molecule has 6 aliphatic rings. The molecular weight excluding hydrogens is 761 g/mol. The standard InChI is InChI=1S/C48H60N4O8/c1-8-30-21-31-24-46(25-39(54)58-6,41-33(15-19-51(27-30)28-31)32-13-10-11-14-36(32)49-41)35-22-34-37(23-38(35)57-5)50(4)43-47(34)17-20-52-18-12-16-45(9-2,42(47)52)44(60-29(3)53)48(43,56)26-40(55)59-7/h10-14,16,21-23,31,42-44,49,56H,8-9,15,17-20,24-28H2,1-7H3/t31?,42-,43+,44+,45+,46-,47+,48?/m0/s1. The molecule has 1 spiro atoms. The normalized spacial score (nSPS) is 34.0. The molecule has 2 N–H and O–H groups in total. The number of H-pyrrole nitrogens is 1. The molecule has 2 aromatic carbocycles. The summed E-state index contributed by atoms with van der Waals surface area (Å²) in [6, 6.07) is 11.9. The third-order valence-electron chi connectivity index (χ3n) is 15.6. The molecular formula is C48H60N4O8. The van der Waals surface area contributed by atoms with Gasteiger partial charge in [0.25, 0.3) is 0 Å². The Labute approximate surface area is 352 Å². The number of carbonyl (C=O) groups is 3. The van der Waals surface area contributed by atoms with E-state index in [4.69, 9.17) is 18.9 Å². The number of aromatic nitrogens is 1. The number of hydrogen-bond donors (Lipinski definition) is 2. The number of hydrogen-bond acceptors (Lipinski definition) is 11. The van der Waals surface area contributed by atoms with Crippen molar-refractivity contribution in [3.63, 3.8) is 0 Å². The number of para-hydroxylation sites is 1. The predicted molar refractivity (Wildman–Crippen MR) is 228 cm³/mol. The van der Waals surface area contributed by atoms with Crippen molar-refractivity contribution in [1.82, 2.24) is 14.8 Å². The van der Waals surface area contributed by atoms with E-state index in [1.54, 1.807) is 7.11 Å². The summed E-state index contributed by atoms with van der Waals surface area (Å²) in [5.41, 5.74) is 3.05. The Morgan fingerprint density at radius 2 is 1.75 bits per heavy atom. The fourth-order valence-corrected chi connectivity index (χ4v) is 13.6. The summed E-state index contributed by atoms with van der Waals surface area (Å²) in [5.74, 6) is -0.656. The summed E-state index contributed by atoms with van der Waals surface area (Å²) in [6.07, 6.45) is 9.00. The Bertz CT molecular complexity index is 2300. The minimum atomic E-state index is -1.86. The van der Waals surface area contributed by atoms with Crippen LogP contribution >= 0.6 is 0 Å². The molecule has 3 aromatic rings. The number of aromatic amines is 1. The smallest absolute Gasteiger partial charge is 0.308 e. The molecule has 0 amide bonds. The van der Waals surface area contributed by atoms with Crippen LogP contribution in [-0.2, 0) is 45.8 Å². The maximum absolute atomic E-state index is 14.2. The van der Waals surface area contributed by atoms with Gasteiger partial charge in [-0.15, -0.1) is 0 Å². The highest BCUT2D eigenvalue weighted by Gasteiger charge is 2.78. The minimum absolute atomic E-state index is 0.0779. The molecule has 9 atom stereocenters. The summed E-state index contributed by atoms with van der Waals surface area (Å²) in [7, 11) is 6.45. The molecule has 2 fully saturated rings. The van der Waals surface area contributed by atoms with Crippen molar-refractivity contribution in [3.8, 4) is 5.75 Å². The maximum Gasteiger partial charge on any atom is 0.308 e. The van der Waals surface area contributed by atoms with Crippen LogP contribution in [0.25, 0.3) is 10.9 Å². The predicted octanol–water partition coefficient (Wildman–Crippen LogP) is 5.58. The SMILES string of the molecule is CCC1=CC2CN(CCc3c([nH]c4ccccc34)[C@@](CC(=O)OC)(c3cc4c(cc3OC)N(C)[C@H]3C(O)(CC(=O)OC)[C@H](OC(C)=O)[C@]5(CC)C=CCN6CC[C@]43[C@@H]65)C2)C1. The van der Waals surface area contributed by atoms with Crippen molar-refractivity contribution in [2.75, 3.05) is 66.0 Å². The Morgan fingerprint density at radius 1 is 0.983 bits per heavy atom. The topological polar surface area (TPSA) is 134 Å². The summed E-state index contributed by atoms with van der Waals surface area (Å²) in [4.78, 5) is 51.9. The van der Waals surface area contributed by atoms with Crippen LogP contribution in [0.1, 0.15) is 81.7 Å². The van der Waals surface area contributed by atoms with Gasteiger partial charge in [0.1, 0.15) is 17.5 Å². The second-order valence-corrected chi connectivity index (χ2v) is 18.4. The zero-order valence-corrected chi connectivity index (χ0v) is 36.1. The van der Waals surface area contributed by atoms with Gasteiger partial charge in [0, 0.05) is 90.9 Å². The molecule has 2 bridgehead atoms. The van der Waals surface area contributed by atoms with Crippen LogP contribution in [0.2, 0.25) is 0 Å². The van der Waals surface area contributed by atoms with E-state index in [0.29, 0.717) is 31.6 Å². The summed E-state index contributed by atoms with van der Waals surface area (Å²) in [5, 5.41) is 14.7. The first-order chi connectivity index (χ1) is 28.8. The van der Waals surface area contributed by atoms with Crippen molar-refractivity contribution in [3.05, 3.63) is 82.6 Å². The zero-order valence-electron chi connectivity index (χ0n) is 36.1. The van der Waals surface area contributed by atoms with E-state index in [2.05, 4.69) is 82.1 Å². The van der Waals surface area contributed by atoms with E-state index in [-0.39, 0.29) is 30.8 Å². The van der Waals surface area contributed by atoms with Crippen LogP contribution in [0.3, 0.4) is 0 Å². The third kappa shape index (κ3) is 5.69. The number of anilines is 1. The Kier molecular flexibility index (Phi) is 10.0. The second kappa shape index (κ2) is 14.8. The molecule has 5 aliphatic heterocycles. The molecule has 9 rings (SSSR count). The number of aliphatic hydroxyl groups is 1. The molecule has 1 saturated heterocycles. The summed E-state index contributed by atoms with van der Waals surface area (Å²) < 4.78 is 23.7. The lowest BCUT2D eigenvalue weighted by molar-refractivity contribution is -0.223. The fourth-order valence-electron chi connectivity index (χ4n) is 13.6. The first kappa shape index (κ1) is 40.7. The highest BCUT2D eigenvalue weighted by atomic mass is 16.6. The third-order valence-corrected chi connectivity index (χ3v) is 15.6. The molecule has 1 aromatic heterocycles. The van der Waals surface area contributed by atoms with E-state index in [0.717, 1.165) is 72.4 Å². The molecule has 6 heterocycles. The largest absolute Gasteiger partial charge is 0.496 e. The minimum Gasteiger partial charge on any atom is -0.496 e. The van der Waals surface area contributed by atoms with E-state index in [9.17, 15) is 19.5 Å². The van der Waals surface area contributed by atoms with Gasteiger partial charge >= 0.3 is 17.9 Å². The average Bonchev–Trinajstić information content (AvgIpc) is 3.91. The van der Waals surface area contributed by atoms with Crippen molar-refractivity contribution in [2.24, 2.45) is 11.3 Å². The number of ether oxygens (including phenoxy) is 4. The van der Waals surface area contributed by atoms with Crippen LogP contribution in [0.5, 0.6) is 5.75 Å². The highest BCUT2D eigenvalue weighted by molar-refractivity contribution is 5.87. The van der Waals surface area contributed by atoms with Crippen molar-refractivity contribution in [2.45, 2.75) is 100 Å². The first-order valence-corrected chi connectivity index (χ1v) is 21.8. The fraction of sp³-hybridized carbons (Fsp3) is 0.562. The number of nitrogens with one attached hydrogen (secondary N) is 1. The van der Waals surface area contributed by atoms with E-state index >= 15 is 0 Å². The van der Waals surface area contributed by atoms with Crippen molar-refractivity contribution < 1.29 is 38.4 Å². The first-order valence-electron chi connectivity index (χ1n) is 21.8. The number of esters is 3. The van der Waals surface area contributed by atoms with Gasteiger partial charge in [-0.2, -0.15) is 0 Å². The van der Waals surface area contributed by atoms with Gasteiger partial charge in [0.2, 0.25) is 0 Å². The molecule has 12 heteroatoms. The highest BCUT2D eigenvalue weighted by Crippen LogP contribution is 2.68.